The fraction of sp³-hybridized carbons (Fsp3) is 0.878. The lowest BCUT2D eigenvalue weighted by Gasteiger charge is -2.72. The first-order valence-corrected chi connectivity index (χ1v) is 19.3. The van der Waals surface area contributed by atoms with Crippen LogP contribution in [0.2, 0.25) is 0 Å². The smallest absolute Gasteiger partial charge is 0.306 e. The van der Waals surface area contributed by atoms with Gasteiger partial charge in [-0.1, -0.05) is 60.6 Å². The van der Waals surface area contributed by atoms with Crippen molar-refractivity contribution in [3.8, 4) is 0 Å². The van der Waals surface area contributed by atoms with E-state index in [1.807, 2.05) is 13.8 Å². The molecule has 0 unspecified atom stereocenters. The first-order valence-electron chi connectivity index (χ1n) is 19.3. The number of ether oxygens (including phenoxy) is 2. The number of carbonyl (C=O) groups excluding carboxylic acids is 2. The number of carboxylic acid groups (broad SMARTS) is 1. The van der Waals surface area contributed by atoms with Crippen LogP contribution >= 0.6 is 0 Å². The van der Waals surface area contributed by atoms with E-state index in [1.165, 1.54) is 12.0 Å². The van der Waals surface area contributed by atoms with Gasteiger partial charge in [-0.2, -0.15) is 0 Å². The van der Waals surface area contributed by atoms with Crippen LogP contribution in [0.4, 0.5) is 0 Å². The quantitative estimate of drug-likeness (QED) is 0.110. The van der Waals surface area contributed by atoms with Crippen molar-refractivity contribution in [1.29, 1.82) is 0 Å². The van der Waals surface area contributed by atoms with Gasteiger partial charge < -0.3 is 25.0 Å². The van der Waals surface area contributed by atoms with Crippen molar-refractivity contribution in [3.63, 3.8) is 0 Å². The molecule has 49 heavy (non-hydrogen) atoms. The first kappa shape index (κ1) is 38.3. The maximum atomic E-state index is 14.2. The van der Waals surface area contributed by atoms with Gasteiger partial charge in [0.1, 0.15) is 6.10 Å². The molecular formula is C41H67NO7. The van der Waals surface area contributed by atoms with Crippen LogP contribution in [0.3, 0.4) is 0 Å². The molecule has 8 heteroatoms. The number of esters is 1. The summed E-state index contributed by atoms with van der Waals surface area (Å²) in [5.74, 6) is 1.11. The average molecular weight is 686 g/mol. The Kier molecular flexibility index (Phi) is 10.6. The summed E-state index contributed by atoms with van der Waals surface area (Å²) in [4.78, 5) is 38.7. The van der Waals surface area contributed by atoms with E-state index in [9.17, 15) is 19.5 Å². The van der Waals surface area contributed by atoms with Crippen molar-refractivity contribution >= 4 is 17.8 Å². The van der Waals surface area contributed by atoms with Crippen LogP contribution in [-0.2, 0) is 23.9 Å². The highest BCUT2D eigenvalue weighted by atomic mass is 16.5. The topological polar surface area (TPSA) is 122 Å². The van der Waals surface area contributed by atoms with E-state index >= 15 is 0 Å². The molecule has 5 saturated carbocycles. The molecule has 0 aromatic heterocycles. The monoisotopic (exact) mass is 685 g/mol. The van der Waals surface area contributed by atoms with Crippen LogP contribution in [0, 0.1) is 62.1 Å². The lowest BCUT2D eigenvalue weighted by atomic mass is 9.32. The van der Waals surface area contributed by atoms with Gasteiger partial charge in [-0.05, 0) is 122 Å². The van der Waals surface area contributed by atoms with Crippen LogP contribution < -0.4 is 5.32 Å². The summed E-state index contributed by atoms with van der Waals surface area (Å²) in [7, 11) is 0. The Hall–Kier alpha value is -1.93. The molecule has 5 fully saturated rings. The van der Waals surface area contributed by atoms with Crippen molar-refractivity contribution in [1.82, 2.24) is 5.32 Å². The van der Waals surface area contributed by atoms with Crippen molar-refractivity contribution in [2.45, 2.75) is 139 Å². The van der Waals surface area contributed by atoms with Gasteiger partial charge in [0.25, 0.3) is 0 Å². The summed E-state index contributed by atoms with van der Waals surface area (Å²) in [6.07, 6.45) is 10.2. The number of carbonyl (C=O) groups is 3. The number of fused-ring (bicyclic) bond motifs is 7. The van der Waals surface area contributed by atoms with Gasteiger partial charge in [0.05, 0.1) is 38.1 Å². The predicted octanol–water partition coefficient (Wildman–Crippen LogP) is 7.57. The number of hydrogen-bond acceptors (Lipinski definition) is 6. The number of aliphatic hydroxyl groups excluding tert-OH is 1. The van der Waals surface area contributed by atoms with Gasteiger partial charge in [0.2, 0.25) is 5.91 Å². The third-order valence-electron chi connectivity index (χ3n) is 15.8. The maximum Gasteiger partial charge on any atom is 0.306 e. The van der Waals surface area contributed by atoms with Gasteiger partial charge in [-0.15, -0.1) is 0 Å². The molecule has 5 aliphatic carbocycles. The molecule has 0 radical (unpaired) electrons. The summed E-state index contributed by atoms with van der Waals surface area (Å²) in [5, 5.41) is 21.6. The molecule has 0 saturated heterocycles. The van der Waals surface area contributed by atoms with E-state index in [4.69, 9.17) is 14.6 Å². The SMILES string of the molecule is C=C(C)[C@@H]1CC[C@]2(C(=O)NCCOCCO)CC[C@]3(C)[C@H](CC[C@@H]4[C@@]5(C)CC[C@H](OC(=O)CC(C)(C)CC(=O)O)C(C)(C)[C@@H]5CC[C@]43C)[C@@H]12. The second-order valence-corrected chi connectivity index (χ2v) is 19.2. The minimum atomic E-state index is -0.893. The highest BCUT2D eigenvalue weighted by Crippen LogP contribution is 2.77. The summed E-state index contributed by atoms with van der Waals surface area (Å²) in [5.41, 5.74) is 0.411. The van der Waals surface area contributed by atoms with Crippen molar-refractivity contribution in [2.24, 2.45) is 62.1 Å². The van der Waals surface area contributed by atoms with Gasteiger partial charge in [0.15, 0.2) is 0 Å². The predicted molar refractivity (Wildman–Crippen MR) is 190 cm³/mol. The number of nitrogens with one attached hydrogen (secondary N) is 1. The van der Waals surface area contributed by atoms with E-state index in [-0.39, 0.29) is 71.1 Å². The number of carboxylic acids is 1. The second kappa shape index (κ2) is 13.6. The number of rotatable bonds is 12. The molecule has 0 bridgehead atoms. The Morgan fingerprint density at radius 3 is 2.22 bits per heavy atom. The molecule has 3 N–H and O–H groups in total. The van der Waals surface area contributed by atoms with Crippen molar-refractivity contribution in [2.75, 3.05) is 26.4 Å². The van der Waals surface area contributed by atoms with E-state index in [0.717, 1.165) is 57.8 Å². The molecule has 278 valence electrons. The van der Waals surface area contributed by atoms with Crippen LogP contribution in [0.15, 0.2) is 12.2 Å². The molecule has 8 nitrogen and oxygen atoms in total. The molecule has 5 aliphatic rings. The Morgan fingerprint density at radius 1 is 0.857 bits per heavy atom. The van der Waals surface area contributed by atoms with Gasteiger partial charge in [-0.25, -0.2) is 0 Å². The van der Waals surface area contributed by atoms with Gasteiger partial charge >= 0.3 is 11.9 Å². The molecule has 0 aromatic rings. The summed E-state index contributed by atoms with van der Waals surface area (Å²) in [6.45, 7) is 23.8. The fourth-order valence-electron chi connectivity index (χ4n) is 13.4. The van der Waals surface area contributed by atoms with E-state index < -0.39 is 11.4 Å². The Balaban J connectivity index is 1.37. The molecule has 0 heterocycles. The summed E-state index contributed by atoms with van der Waals surface area (Å²) >= 11 is 0. The standard InChI is InChI=1S/C41H67NO7/c1-26(2)27-12-17-41(35(47)42-20-22-48-23-21-43)19-18-39(8)28(34(27)41)10-11-30-38(7)15-14-31(37(5,6)29(38)13-16-40(30,39)9)49-33(46)25-36(3,4)24-32(44)45/h27-31,34,43H,1,10-25H2,2-9H3,(H,42,47)(H,44,45)/t27-,28+,29-,30+,31-,34+,38-,39+,40+,41-/m0/s1. The van der Waals surface area contributed by atoms with Gasteiger partial charge in [0, 0.05) is 12.0 Å². The number of amides is 1. The van der Waals surface area contributed by atoms with Crippen molar-refractivity contribution in [3.05, 3.63) is 12.2 Å². The molecule has 0 aliphatic heterocycles. The average Bonchev–Trinajstić information content (AvgIpc) is 3.39. The normalized spacial score (nSPS) is 41.0. The fourth-order valence-corrected chi connectivity index (χ4v) is 13.4. The number of aliphatic hydroxyl groups is 1. The zero-order valence-electron chi connectivity index (χ0n) is 31.9. The Morgan fingerprint density at radius 2 is 1.57 bits per heavy atom. The Bertz CT molecular complexity index is 1290. The molecule has 0 aromatic carbocycles. The Labute approximate surface area is 295 Å². The molecule has 0 spiro atoms. The lowest BCUT2D eigenvalue weighted by Crippen LogP contribution is -2.67. The van der Waals surface area contributed by atoms with E-state index in [2.05, 4.69) is 53.4 Å². The third-order valence-corrected chi connectivity index (χ3v) is 15.8. The zero-order chi connectivity index (χ0) is 36.2. The lowest BCUT2D eigenvalue weighted by molar-refractivity contribution is -0.249. The maximum absolute atomic E-state index is 14.2. The van der Waals surface area contributed by atoms with Crippen LogP contribution in [0.25, 0.3) is 0 Å². The summed E-state index contributed by atoms with van der Waals surface area (Å²) in [6, 6.07) is 0. The minimum absolute atomic E-state index is 0.0136. The third kappa shape index (κ3) is 6.42. The first-order chi connectivity index (χ1) is 22.8. The molecular weight excluding hydrogens is 618 g/mol. The highest BCUT2D eigenvalue weighted by molar-refractivity contribution is 5.84. The molecule has 1 amide bonds. The second-order valence-electron chi connectivity index (χ2n) is 19.2. The largest absolute Gasteiger partial charge is 0.481 e. The minimum Gasteiger partial charge on any atom is -0.481 e. The van der Waals surface area contributed by atoms with E-state index in [1.54, 1.807) is 0 Å². The number of allylic oxidation sites excluding steroid dienone is 1. The van der Waals surface area contributed by atoms with Crippen LogP contribution in [-0.4, -0.2) is 60.5 Å². The van der Waals surface area contributed by atoms with Crippen molar-refractivity contribution < 1.29 is 34.1 Å². The summed E-state index contributed by atoms with van der Waals surface area (Å²) < 4.78 is 11.7. The molecule has 10 atom stereocenters. The number of aliphatic carboxylic acids is 1. The van der Waals surface area contributed by atoms with E-state index in [0.29, 0.717) is 42.7 Å². The zero-order valence-corrected chi connectivity index (χ0v) is 31.9. The number of hydrogen-bond donors (Lipinski definition) is 3. The highest BCUT2D eigenvalue weighted by Gasteiger charge is 2.72. The van der Waals surface area contributed by atoms with Gasteiger partial charge in [-0.3, -0.25) is 14.4 Å². The molecule has 5 rings (SSSR count). The van der Waals surface area contributed by atoms with Crippen LogP contribution in [0.5, 0.6) is 0 Å². The van der Waals surface area contributed by atoms with Crippen LogP contribution in [0.1, 0.15) is 132 Å².